The van der Waals surface area contributed by atoms with Gasteiger partial charge in [0.25, 0.3) is 0 Å². The highest BCUT2D eigenvalue weighted by molar-refractivity contribution is 8.01. The molecule has 0 N–H and O–H groups in total. The second kappa shape index (κ2) is 5.04. The Kier molecular flexibility index (Phi) is 4.32. The van der Waals surface area contributed by atoms with E-state index in [2.05, 4.69) is 23.2 Å². The van der Waals surface area contributed by atoms with Crippen LogP contribution in [0.2, 0.25) is 0 Å². The summed E-state index contributed by atoms with van der Waals surface area (Å²) in [6, 6.07) is 0. The first-order valence-electron chi connectivity index (χ1n) is 3.81. The van der Waals surface area contributed by atoms with Gasteiger partial charge in [0, 0.05) is 17.6 Å². The number of rotatable bonds is 4. The molecule has 0 aliphatic carbocycles. The van der Waals surface area contributed by atoms with Gasteiger partial charge in [0.1, 0.15) is 5.82 Å². The van der Waals surface area contributed by atoms with Crippen LogP contribution in [0.3, 0.4) is 0 Å². The quantitative estimate of drug-likeness (QED) is 0.579. The van der Waals surface area contributed by atoms with E-state index in [0.29, 0.717) is 11.1 Å². The van der Waals surface area contributed by atoms with Gasteiger partial charge in [-0.3, -0.25) is 0 Å². The number of halogens is 1. The van der Waals surface area contributed by atoms with Crippen LogP contribution < -0.4 is 0 Å². The standard InChI is InChI=1S/C7H11ClN2S2/c1-3-6-9-7(12-10-6)11-5(2)4-8/h5H,3-4H2,1-2H3. The van der Waals surface area contributed by atoms with E-state index in [4.69, 9.17) is 11.6 Å². The molecular weight excluding hydrogens is 212 g/mol. The normalized spacial score (nSPS) is 13.2. The van der Waals surface area contributed by atoms with Gasteiger partial charge in [0.15, 0.2) is 4.34 Å². The van der Waals surface area contributed by atoms with Crippen LogP contribution in [-0.4, -0.2) is 20.5 Å². The molecule has 0 aliphatic rings. The fourth-order valence-electron chi connectivity index (χ4n) is 0.633. The highest BCUT2D eigenvalue weighted by atomic mass is 35.5. The maximum absolute atomic E-state index is 5.68. The number of aryl methyl sites for hydroxylation is 1. The minimum atomic E-state index is 0.421. The molecule has 12 heavy (non-hydrogen) atoms. The summed E-state index contributed by atoms with van der Waals surface area (Å²) in [6.45, 7) is 4.15. The van der Waals surface area contributed by atoms with E-state index < -0.39 is 0 Å². The lowest BCUT2D eigenvalue weighted by Gasteiger charge is -2.00. The van der Waals surface area contributed by atoms with Crippen molar-refractivity contribution in [3.8, 4) is 0 Å². The molecule has 1 rings (SSSR count). The summed E-state index contributed by atoms with van der Waals surface area (Å²) in [6.07, 6.45) is 0.909. The molecule has 5 heteroatoms. The second-order valence-corrected chi connectivity index (χ2v) is 5.16. The zero-order chi connectivity index (χ0) is 8.97. The number of hydrogen-bond acceptors (Lipinski definition) is 4. The molecule has 0 fully saturated rings. The predicted octanol–water partition coefficient (Wildman–Crippen LogP) is 2.82. The van der Waals surface area contributed by atoms with Gasteiger partial charge >= 0.3 is 0 Å². The summed E-state index contributed by atoms with van der Waals surface area (Å²) >= 11 is 8.83. The minimum absolute atomic E-state index is 0.421. The lowest BCUT2D eigenvalue weighted by atomic mass is 10.5. The van der Waals surface area contributed by atoms with Gasteiger partial charge in [-0.25, -0.2) is 4.98 Å². The van der Waals surface area contributed by atoms with Crippen LogP contribution in [0.4, 0.5) is 0 Å². The molecule has 0 amide bonds. The van der Waals surface area contributed by atoms with Crippen molar-refractivity contribution in [3.63, 3.8) is 0 Å². The maximum Gasteiger partial charge on any atom is 0.170 e. The van der Waals surface area contributed by atoms with Crippen molar-refractivity contribution in [2.75, 3.05) is 5.88 Å². The fourth-order valence-corrected chi connectivity index (χ4v) is 2.66. The van der Waals surface area contributed by atoms with Crippen LogP contribution in [0.5, 0.6) is 0 Å². The van der Waals surface area contributed by atoms with Crippen molar-refractivity contribution in [3.05, 3.63) is 5.82 Å². The lowest BCUT2D eigenvalue weighted by molar-refractivity contribution is 0.969. The number of nitrogens with zero attached hydrogens (tertiary/aromatic N) is 2. The molecule has 0 saturated carbocycles. The zero-order valence-electron chi connectivity index (χ0n) is 7.08. The van der Waals surface area contributed by atoms with E-state index >= 15 is 0 Å². The first-order chi connectivity index (χ1) is 5.76. The van der Waals surface area contributed by atoms with Crippen LogP contribution in [-0.2, 0) is 6.42 Å². The molecule has 0 radical (unpaired) electrons. The Labute approximate surface area is 85.9 Å². The van der Waals surface area contributed by atoms with Gasteiger partial charge < -0.3 is 0 Å². The molecule has 1 aromatic rings. The Hall–Kier alpha value is 0.200. The maximum atomic E-state index is 5.68. The van der Waals surface area contributed by atoms with Crippen molar-refractivity contribution in [2.45, 2.75) is 29.9 Å². The summed E-state index contributed by atoms with van der Waals surface area (Å²) in [5.74, 6) is 1.59. The Morgan fingerprint density at radius 2 is 2.42 bits per heavy atom. The van der Waals surface area contributed by atoms with E-state index in [9.17, 15) is 0 Å². The third-order valence-electron chi connectivity index (χ3n) is 1.28. The molecule has 1 unspecified atom stereocenters. The van der Waals surface area contributed by atoms with Gasteiger partial charge in [0.2, 0.25) is 0 Å². The highest BCUT2D eigenvalue weighted by Gasteiger charge is 2.07. The molecule has 0 aromatic carbocycles. The van der Waals surface area contributed by atoms with Crippen LogP contribution in [0.15, 0.2) is 4.34 Å². The molecule has 0 saturated heterocycles. The SMILES string of the molecule is CCc1nsc(SC(C)CCl)n1. The highest BCUT2D eigenvalue weighted by Crippen LogP contribution is 2.25. The predicted molar refractivity (Wildman–Crippen MR) is 55.3 cm³/mol. The smallest absolute Gasteiger partial charge is 0.170 e. The van der Waals surface area contributed by atoms with Crippen molar-refractivity contribution in [2.24, 2.45) is 0 Å². The molecule has 1 atom stereocenters. The number of thioether (sulfide) groups is 1. The largest absolute Gasteiger partial charge is 0.213 e. The van der Waals surface area contributed by atoms with E-state index in [-0.39, 0.29) is 0 Å². The van der Waals surface area contributed by atoms with Crippen LogP contribution in [0.25, 0.3) is 0 Å². The zero-order valence-corrected chi connectivity index (χ0v) is 9.47. The van der Waals surface area contributed by atoms with Crippen LogP contribution in [0, 0.1) is 0 Å². The molecule has 2 nitrogen and oxygen atoms in total. The average Bonchev–Trinajstić information content (AvgIpc) is 2.52. The second-order valence-electron chi connectivity index (χ2n) is 2.41. The van der Waals surface area contributed by atoms with Crippen molar-refractivity contribution in [1.29, 1.82) is 0 Å². The number of aromatic nitrogens is 2. The topological polar surface area (TPSA) is 25.8 Å². The summed E-state index contributed by atoms with van der Waals surface area (Å²) in [4.78, 5) is 4.33. The molecular formula is C7H11ClN2S2. The van der Waals surface area contributed by atoms with Crippen LogP contribution >= 0.6 is 34.9 Å². The summed E-state index contributed by atoms with van der Waals surface area (Å²) in [5.41, 5.74) is 0. The number of alkyl halides is 1. The average molecular weight is 223 g/mol. The minimum Gasteiger partial charge on any atom is -0.213 e. The Morgan fingerprint density at radius 1 is 1.67 bits per heavy atom. The Morgan fingerprint density at radius 3 is 2.92 bits per heavy atom. The van der Waals surface area contributed by atoms with E-state index in [1.54, 1.807) is 11.8 Å². The molecule has 1 heterocycles. The van der Waals surface area contributed by atoms with Gasteiger partial charge in [0.05, 0.1) is 0 Å². The summed E-state index contributed by atoms with van der Waals surface area (Å²) < 4.78 is 5.22. The van der Waals surface area contributed by atoms with E-state index in [0.717, 1.165) is 16.6 Å². The van der Waals surface area contributed by atoms with Gasteiger partial charge in [-0.15, -0.1) is 11.6 Å². The van der Waals surface area contributed by atoms with E-state index in [1.165, 1.54) is 11.5 Å². The first kappa shape index (κ1) is 10.3. The third-order valence-corrected chi connectivity index (χ3v) is 3.85. The fraction of sp³-hybridized carbons (Fsp3) is 0.714. The van der Waals surface area contributed by atoms with Crippen molar-refractivity contribution in [1.82, 2.24) is 9.36 Å². The summed E-state index contributed by atoms with van der Waals surface area (Å²) in [7, 11) is 0. The molecule has 0 spiro atoms. The third kappa shape index (κ3) is 2.92. The lowest BCUT2D eigenvalue weighted by Crippen LogP contribution is -1.95. The molecule has 0 bridgehead atoms. The molecule has 1 aromatic heterocycles. The van der Waals surface area contributed by atoms with Gasteiger partial charge in [-0.05, 0) is 11.5 Å². The Bertz CT molecular complexity index is 239. The monoisotopic (exact) mass is 222 g/mol. The van der Waals surface area contributed by atoms with Gasteiger partial charge in [-0.1, -0.05) is 25.6 Å². The first-order valence-corrected chi connectivity index (χ1v) is 6.00. The molecule has 0 aliphatic heterocycles. The van der Waals surface area contributed by atoms with E-state index in [1.807, 2.05) is 0 Å². The van der Waals surface area contributed by atoms with Crippen molar-refractivity contribution < 1.29 is 0 Å². The number of hydrogen-bond donors (Lipinski definition) is 0. The summed E-state index contributed by atoms with van der Waals surface area (Å²) in [5, 5.41) is 0.421. The van der Waals surface area contributed by atoms with Crippen molar-refractivity contribution >= 4 is 34.9 Å². The van der Waals surface area contributed by atoms with Crippen LogP contribution in [0.1, 0.15) is 19.7 Å². The van der Waals surface area contributed by atoms with Gasteiger partial charge in [-0.2, -0.15) is 4.37 Å². The Balaban J connectivity index is 2.52. The molecule has 68 valence electrons.